The fraction of sp³-hybridized carbons (Fsp3) is 0.444. The minimum atomic E-state index is -0.162. The van der Waals surface area contributed by atoms with Gasteiger partial charge in [-0.25, -0.2) is 0 Å². The lowest BCUT2D eigenvalue weighted by Crippen LogP contribution is -2.36. The lowest BCUT2D eigenvalue weighted by atomic mass is 10.2. The van der Waals surface area contributed by atoms with E-state index in [0.717, 1.165) is 0 Å². The normalized spacial score (nSPS) is 10.6. The summed E-state index contributed by atoms with van der Waals surface area (Å²) in [5.41, 5.74) is 0.511. The van der Waals surface area contributed by atoms with Crippen LogP contribution in [0.2, 0.25) is 0 Å². The first-order chi connectivity index (χ1) is 11.6. The Bertz CT molecular complexity index is 656. The zero-order chi connectivity index (χ0) is 17.5. The van der Waals surface area contributed by atoms with Gasteiger partial charge in [-0.3, -0.25) is 9.59 Å². The van der Waals surface area contributed by atoms with Crippen LogP contribution in [0.15, 0.2) is 39.6 Å². The van der Waals surface area contributed by atoms with Crippen LogP contribution >= 0.6 is 0 Å². The van der Waals surface area contributed by atoms with E-state index in [1.807, 2.05) is 19.9 Å². The Hall–Kier alpha value is -2.50. The van der Waals surface area contributed by atoms with Gasteiger partial charge in [0.25, 0.3) is 5.91 Å². The number of furan rings is 2. The van der Waals surface area contributed by atoms with Gasteiger partial charge in [0.15, 0.2) is 0 Å². The summed E-state index contributed by atoms with van der Waals surface area (Å²) >= 11 is 0. The minimum Gasteiger partial charge on any atom is -0.469 e. The summed E-state index contributed by atoms with van der Waals surface area (Å²) in [6.45, 7) is 7.63. The van der Waals surface area contributed by atoms with E-state index in [-0.39, 0.29) is 18.2 Å². The van der Waals surface area contributed by atoms with Crippen LogP contribution in [0, 0.1) is 6.92 Å². The second-order valence-electron chi connectivity index (χ2n) is 5.51. The van der Waals surface area contributed by atoms with Gasteiger partial charge >= 0.3 is 0 Å². The molecule has 0 aliphatic heterocycles. The van der Waals surface area contributed by atoms with Crippen molar-refractivity contribution in [1.29, 1.82) is 0 Å². The van der Waals surface area contributed by atoms with Crippen LogP contribution in [-0.4, -0.2) is 41.2 Å². The second-order valence-corrected chi connectivity index (χ2v) is 5.51. The van der Waals surface area contributed by atoms with Crippen LogP contribution in [0.1, 0.15) is 42.1 Å². The number of rotatable bonds is 8. The van der Waals surface area contributed by atoms with Gasteiger partial charge in [0.2, 0.25) is 5.91 Å². The van der Waals surface area contributed by atoms with Gasteiger partial charge in [-0.1, -0.05) is 0 Å². The van der Waals surface area contributed by atoms with Crippen LogP contribution in [-0.2, 0) is 11.3 Å². The van der Waals surface area contributed by atoms with Gasteiger partial charge < -0.3 is 18.6 Å². The smallest absolute Gasteiger partial charge is 0.257 e. The first-order valence-electron chi connectivity index (χ1n) is 8.20. The number of hydrogen-bond donors (Lipinski definition) is 0. The van der Waals surface area contributed by atoms with E-state index >= 15 is 0 Å². The highest BCUT2D eigenvalue weighted by Crippen LogP contribution is 2.15. The molecule has 2 rings (SSSR count). The Kier molecular flexibility index (Phi) is 6.23. The summed E-state index contributed by atoms with van der Waals surface area (Å²) in [6, 6.07) is 5.25. The summed E-state index contributed by atoms with van der Waals surface area (Å²) in [5.74, 6) is 1.13. The van der Waals surface area contributed by atoms with Crippen LogP contribution < -0.4 is 0 Å². The molecule has 2 aromatic rings. The predicted molar refractivity (Wildman–Crippen MR) is 89.4 cm³/mol. The first kappa shape index (κ1) is 17.8. The Morgan fingerprint density at radius 1 is 1.04 bits per heavy atom. The lowest BCUT2D eigenvalue weighted by molar-refractivity contribution is -0.131. The second kappa shape index (κ2) is 8.38. The number of amides is 2. The molecule has 0 aliphatic carbocycles. The van der Waals surface area contributed by atoms with E-state index in [1.165, 1.54) is 6.26 Å². The SMILES string of the molecule is CCN(CC)C(=O)CCN(Cc1ccco1)C(=O)c1ccoc1C. The molecule has 0 N–H and O–H groups in total. The first-order valence-corrected chi connectivity index (χ1v) is 8.20. The Labute approximate surface area is 142 Å². The fourth-order valence-corrected chi connectivity index (χ4v) is 2.59. The van der Waals surface area contributed by atoms with Gasteiger partial charge in [-0.15, -0.1) is 0 Å². The average molecular weight is 332 g/mol. The van der Waals surface area contributed by atoms with Crippen molar-refractivity contribution in [2.75, 3.05) is 19.6 Å². The molecule has 0 aromatic carbocycles. The maximum atomic E-state index is 12.8. The molecule has 0 aliphatic rings. The van der Waals surface area contributed by atoms with Crippen LogP contribution in [0.4, 0.5) is 0 Å². The van der Waals surface area contributed by atoms with E-state index in [1.54, 1.807) is 35.1 Å². The third kappa shape index (κ3) is 4.28. The van der Waals surface area contributed by atoms with Gasteiger partial charge in [-0.2, -0.15) is 0 Å². The molecule has 0 saturated heterocycles. The monoisotopic (exact) mass is 332 g/mol. The Balaban J connectivity index is 2.10. The quantitative estimate of drug-likeness (QED) is 0.745. The van der Waals surface area contributed by atoms with Crippen molar-refractivity contribution in [2.45, 2.75) is 33.7 Å². The summed E-state index contributed by atoms with van der Waals surface area (Å²) in [5, 5.41) is 0. The summed E-state index contributed by atoms with van der Waals surface area (Å²) in [7, 11) is 0. The van der Waals surface area contributed by atoms with Gasteiger partial charge in [0.1, 0.15) is 11.5 Å². The molecule has 2 aromatic heterocycles. The van der Waals surface area contributed by atoms with E-state index in [0.29, 0.717) is 43.3 Å². The van der Waals surface area contributed by atoms with Crippen molar-refractivity contribution in [3.8, 4) is 0 Å². The van der Waals surface area contributed by atoms with Crippen molar-refractivity contribution >= 4 is 11.8 Å². The summed E-state index contributed by atoms with van der Waals surface area (Å²) in [6.07, 6.45) is 3.35. The van der Waals surface area contributed by atoms with E-state index in [9.17, 15) is 9.59 Å². The molecular formula is C18H24N2O4. The molecule has 6 heteroatoms. The molecule has 0 fully saturated rings. The topological polar surface area (TPSA) is 66.9 Å². The molecular weight excluding hydrogens is 308 g/mol. The molecule has 24 heavy (non-hydrogen) atoms. The average Bonchev–Trinajstić information content (AvgIpc) is 3.23. The predicted octanol–water partition coefficient (Wildman–Crippen LogP) is 3.08. The highest BCUT2D eigenvalue weighted by molar-refractivity contribution is 5.95. The largest absolute Gasteiger partial charge is 0.469 e. The number of carbonyl (C=O) groups is 2. The van der Waals surface area contributed by atoms with Crippen molar-refractivity contribution in [3.63, 3.8) is 0 Å². The van der Waals surface area contributed by atoms with Crippen LogP contribution in [0.3, 0.4) is 0 Å². The molecule has 6 nitrogen and oxygen atoms in total. The molecule has 0 unspecified atom stereocenters. The maximum Gasteiger partial charge on any atom is 0.257 e. The molecule has 0 radical (unpaired) electrons. The molecule has 130 valence electrons. The minimum absolute atomic E-state index is 0.0427. The summed E-state index contributed by atoms with van der Waals surface area (Å²) < 4.78 is 10.6. The maximum absolute atomic E-state index is 12.8. The highest BCUT2D eigenvalue weighted by atomic mass is 16.3. The van der Waals surface area contributed by atoms with Crippen molar-refractivity contribution in [2.24, 2.45) is 0 Å². The number of nitrogens with zero attached hydrogens (tertiary/aromatic N) is 2. The van der Waals surface area contributed by atoms with Gasteiger partial charge in [-0.05, 0) is 39.0 Å². The van der Waals surface area contributed by atoms with E-state index in [4.69, 9.17) is 8.83 Å². The molecule has 2 heterocycles. The highest BCUT2D eigenvalue weighted by Gasteiger charge is 2.22. The van der Waals surface area contributed by atoms with Crippen molar-refractivity contribution in [1.82, 2.24) is 9.80 Å². The van der Waals surface area contributed by atoms with Crippen LogP contribution in [0.25, 0.3) is 0 Å². The number of hydrogen-bond acceptors (Lipinski definition) is 4. The Morgan fingerprint density at radius 2 is 1.79 bits per heavy atom. The van der Waals surface area contributed by atoms with E-state index in [2.05, 4.69) is 0 Å². The standard InChI is InChI=1S/C18H24N2O4/c1-4-19(5-2)17(21)8-10-20(13-15-7-6-11-24-15)18(22)16-9-12-23-14(16)3/h6-7,9,11-12H,4-5,8,10,13H2,1-3H3. The molecule has 2 amide bonds. The number of carbonyl (C=O) groups excluding carboxylic acids is 2. The zero-order valence-electron chi connectivity index (χ0n) is 14.4. The Morgan fingerprint density at radius 3 is 2.33 bits per heavy atom. The molecule has 0 atom stereocenters. The molecule has 0 saturated carbocycles. The molecule has 0 bridgehead atoms. The molecule has 0 spiro atoms. The van der Waals surface area contributed by atoms with Crippen LogP contribution in [0.5, 0.6) is 0 Å². The van der Waals surface area contributed by atoms with Gasteiger partial charge in [0, 0.05) is 26.1 Å². The lowest BCUT2D eigenvalue weighted by Gasteiger charge is -2.24. The van der Waals surface area contributed by atoms with E-state index < -0.39 is 0 Å². The van der Waals surface area contributed by atoms with Gasteiger partial charge in [0.05, 0.1) is 24.6 Å². The van der Waals surface area contributed by atoms with Crippen molar-refractivity contribution < 1.29 is 18.4 Å². The summed E-state index contributed by atoms with van der Waals surface area (Å²) in [4.78, 5) is 28.4. The van der Waals surface area contributed by atoms with Crippen molar-refractivity contribution in [3.05, 3.63) is 47.8 Å². The fourth-order valence-electron chi connectivity index (χ4n) is 2.59. The third-order valence-corrected chi connectivity index (χ3v) is 4.01. The number of aryl methyl sites for hydroxylation is 1. The third-order valence-electron chi connectivity index (χ3n) is 4.01. The zero-order valence-corrected chi connectivity index (χ0v) is 14.4.